The highest BCUT2D eigenvalue weighted by Gasteiger charge is 2.42. The van der Waals surface area contributed by atoms with Gasteiger partial charge in [-0.1, -0.05) is 0 Å². The number of rotatable bonds is 1. The highest BCUT2D eigenvalue weighted by Crippen LogP contribution is 2.18. The van der Waals surface area contributed by atoms with Crippen molar-refractivity contribution < 1.29 is 25.2 Å². The molecule has 1 unspecified atom stereocenters. The number of hydrogen-bond donors (Lipinski definition) is 5. The second kappa shape index (κ2) is 3.65. The molecule has 0 bridgehead atoms. The van der Waals surface area contributed by atoms with Crippen LogP contribution in [0, 0.1) is 0 Å². The normalized spacial score (nSPS) is 49.2. The molecule has 0 spiro atoms. The minimum Gasteiger partial charge on any atom is -0.388 e. The SMILES string of the molecule is NC[C@H]1OC(O)[C@H](O)[C@@H](O)[C@@H]1O. The van der Waals surface area contributed by atoms with Crippen LogP contribution in [0.15, 0.2) is 0 Å². The Labute approximate surface area is 69.2 Å². The Kier molecular flexibility index (Phi) is 2.99. The van der Waals surface area contributed by atoms with Gasteiger partial charge in [-0.15, -0.1) is 0 Å². The van der Waals surface area contributed by atoms with Crippen LogP contribution in [0.1, 0.15) is 0 Å². The molecule has 12 heavy (non-hydrogen) atoms. The summed E-state index contributed by atoms with van der Waals surface area (Å²) in [6.45, 7) is -0.0258. The van der Waals surface area contributed by atoms with Crippen molar-refractivity contribution in [2.24, 2.45) is 5.73 Å². The van der Waals surface area contributed by atoms with Gasteiger partial charge >= 0.3 is 0 Å². The topological polar surface area (TPSA) is 116 Å². The molecule has 1 fully saturated rings. The molecule has 72 valence electrons. The van der Waals surface area contributed by atoms with Crippen LogP contribution < -0.4 is 5.73 Å². The number of aliphatic hydroxyl groups is 4. The molecular weight excluding hydrogens is 166 g/mol. The zero-order chi connectivity index (χ0) is 9.30. The van der Waals surface area contributed by atoms with E-state index >= 15 is 0 Å². The molecule has 0 radical (unpaired) electrons. The Morgan fingerprint density at radius 3 is 2.08 bits per heavy atom. The third-order valence-corrected chi connectivity index (χ3v) is 1.92. The fourth-order valence-electron chi connectivity index (χ4n) is 1.13. The Bertz CT molecular complexity index is 150. The summed E-state index contributed by atoms with van der Waals surface area (Å²) in [5.41, 5.74) is 5.17. The van der Waals surface area contributed by atoms with Crippen LogP contribution in [0.2, 0.25) is 0 Å². The smallest absolute Gasteiger partial charge is 0.184 e. The molecule has 1 aliphatic rings. The van der Waals surface area contributed by atoms with Gasteiger partial charge in [0.15, 0.2) is 6.29 Å². The minimum atomic E-state index is -1.49. The van der Waals surface area contributed by atoms with Gasteiger partial charge < -0.3 is 30.9 Å². The summed E-state index contributed by atoms with van der Waals surface area (Å²) in [5, 5.41) is 36.3. The molecule has 1 saturated heterocycles. The molecule has 0 aromatic rings. The molecule has 6 N–H and O–H groups in total. The summed E-state index contributed by atoms with van der Waals surface area (Å²) in [5.74, 6) is 0. The van der Waals surface area contributed by atoms with Gasteiger partial charge in [0.2, 0.25) is 0 Å². The van der Waals surface area contributed by atoms with Crippen molar-refractivity contribution >= 4 is 0 Å². The Hall–Kier alpha value is -0.240. The van der Waals surface area contributed by atoms with E-state index in [-0.39, 0.29) is 6.54 Å². The monoisotopic (exact) mass is 179 g/mol. The third-order valence-electron chi connectivity index (χ3n) is 1.92. The van der Waals surface area contributed by atoms with Crippen molar-refractivity contribution in [3.8, 4) is 0 Å². The molecule has 0 aromatic carbocycles. The summed E-state index contributed by atoms with van der Waals surface area (Å²) in [4.78, 5) is 0. The van der Waals surface area contributed by atoms with Crippen molar-refractivity contribution in [2.45, 2.75) is 30.7 Å². The van der Waals surface area contributed by atoms with Crippen LogP contribution >= 0.6 is 0 Å². The molecule has 0 saturated carbocycles. The molecule has 0 amide bonds. The standard InChI is InChI=1S/C6H13NO5/c7-1-2-3(8)4(9)5(10)6(11)12-2/h2-6,8-11H,1,7H2/t2-,3-,4+,5-,6?/m1/s1. The largest absolute Gasteiger partial charge is 0.388 e. The first kappa shape index (κ1) is 9.85. The first-order valence-corrected chi connectivity index (χ1v) is 3.65. The van der Waals surface area contributed by atoms with Crippen LogP contribution in [0.3, 0.4) is 0 Å². The molecule has 1 aliphatic heterocycles. The molecular formula is C6H13NO5. The van der Waals surface area contributed by atoms with Crippen molar-refractivity contribution in [3.63, 3.8) is 0 Å². The van der Waals surface area contributed by atoms with Crippen LogP contribution in [0.5, 0.6) is 0 Å². The lowest BCUT2D eigenvalue weighted by atomic mass is 9.99. The predicted octanol–water partition coefficient (Wildman–Crippen LogP) is -3.25. The van der Waals surface area contributed by atoms with E-state index in [0.29, 0.717) is 0 Å². The second-order valence-electron chi connectivity index (χ2n) is 2.77. The van der Waals surface area contributed by atoms with E-state index in [1.807, 2.05) is 0 Å². The summed E-state index contributed by atoms with van der Waals surface area (Å²) < 4.78 is 4.70. The number of aliphatic hydroxyl groups excluding tert-OH is 4. The van der Waals surface area contributed by atoms with Gasteiger partial charge in [0.25, 0.3) is 0 Å². The van der Waals surface area contributed by atoms with Gasteiger partial charge in [-0.25, -0.2) is 0 Å². The zero-order valence-corrected chi connectivity index (χ0v) is 6.37. The van der Waals surface area contributed by atoms with Gasteiger partial charge in [0.1, 0.15) is 24.4 Å². The van der Waals surface area contributed by atoms with Gasteiger partial charge in [-0.2, -0.15) is 0 Å². The van der Waals surface area contributed by atoms with Gasteiger partial charge in [0.05, 0.1) is 0 Å². The fourth-order valence-corrected chi connectivity index (χ4v) is 1.13. The lowest BCUT2D eigenvalue weighted by Crippen LogP contribution is -2.59. The summed E-state index contributed by atoms with van der Waals surface area (Å²) in [6.07, 6.45) is -6.48. The molecule has 1 rings (SSSR count). The van der Waals surface area contributed by atoms with Crippen molar-refractivity contribution in [2.75, 3.05) is 6.54 Å². The maximum atomic E-state index is 9.20. The first-order valence-electron chi connectivity index (χ1n) is 3.65. The maximum Gasteiger partial charge on any atom is 0.184 e. The Balaban J connectivity index is 2.63. The van der Waals surface area contributed by atoms with E-state index in [4.69, 9.17) is 25.8 Å². The summed E-state index contributed by atoms with van der Waals surface area (Å²) in [7, 11) is 0. The summed E-state index contributed by atoms with van der Waals surface area (Å²) in [6, 6.07) is 0. The molecule has 1 heterocycles. The van der Waals surface area contributed by atoms with Crippen LogP contribution in [-0.4, -0.2) is 57.7 Å². The van der Waals surface area contributed by atoms with Crippen molar-refractivity contribution in [1.29, 1.82) is 0 Å². The molecule has 0 aliphatic carbocycles. The van der Waals surface area contributed by atoms with Gasteiger partial charge in [-0.3, -0.25) is 0 Å². The van der Waals surface area contributed by atoms with E-state index in [1.54, 1.807) is 0 Å². The zero-order valence-electron chi connectivity index (χ0n) is 6.37. The van der Waals surface area contributed by atoms with E-state index in [1.165, 1.54) is 0 Å². The number of ether oxygens (including phenoxy) is 1. The lowest BCUT2D eigenvalue weighted by molar-refractivity contribution is -0.279. The van der Waals surface area contributed by atoms with E-state index in [9.17, 15) is 5.11 Å². The van der Waals surface area contributed by atoms with Crippen LogP contribution in [-0.2, 0) is 4.74 Å². The average Bonchev–Trinajstić information content (AvgIpc) is 2.08. The van der Waals surface area contributed by atoms with Gasteiger partial charge in [0, 0.05) is 6.54 Å². The van der Waals surface area contributed by atoms with Crippen molar-refractivity contribution in [1.82, 2.24) is 0 Å². The van der Waals surface area contributed by atoms with Crippen molar-refractivity contribution in [3.05, 3.63) is 0 Å². The van der Waals surface area contributed by atoms with E-state index in [0.717, 1.165) is 0 Å². The Morgan fingerprint density at radius 1 is 1.00 bits per heavy atom. The molecule has 5 atom stereocenters. The molecule has 6 nitrogen and oxygen atoms in total. The van der Waals surface area contributed by atoms with Gasteiger partial charge in [-0.05, 0) is 0 Å². The van der Waals surface area contributed by atoms with Crippen LogP contribution in [0.25, 0.3) is 0 Å². The fraction of sp³-hybridized carbons (Fsp3) is 1.00. The summed E-state index contributed by atoms with van der Waals surface area (Å²) >= 11 is 0. The first-order chi connectivity index (χ1) is 5.57. The Morgan fingerprint density at radius 2 is 1.58 bits per heavy atom. The maximum absolute atomic E-state index is 9.20. The predicted molar refractivity (Wildman–Crippen MR) is 38.0 cm³/mol. The average molecular weight is 179 g/mol. The number of hydrogen-bond acceptors (Lipinski definition) is 6. The quantitative estimate of drug-likeness (QED) is 0.288. The second-order valence-corrected chi connectivity index (χ2v) is 2.77. The molecule has 0 aromatic heterocycles. The highest BCUT2D eigenvalue weighted by atomic mass is 16.6. The highest BCUT2D eigenvalue weighted by molar-refractivity contribution is 4.88. The third kappa shape index (κ3) is 1.58. The molecule has 6 heteroatoms. The number of nitrogens with two attached hydrogens (primary N) is 1. The lowest BCUT2D eigenvalue weighted by Gasteiger charge is -2.37. The van der Waals surface area contributed by atoms with E-state index < -0.39 is 30.7 Å². The van der Waals surface area contributed by atoms with E-state index in [2.05, 4.69) is 0 Å². The van der Waals surface area contributed by atoms with Crippen LogP contribution in [0.4, 0.5) is 0 Å². The minimum absolute atomic E-state index is 0.0258.